The molecule has 27 heavy (non-hydrogen) atoms. The molecule has 1 N–H and O–H groups in total. The van der Waals surface area contributed by atoms with E-state index in [0.717, 1.165) is 4.90 Å². The summed E-state index contributed by atoms with van der Waals surface area (Å²) in [5.74, 6) is -2.12. The van der Waals surface area contributed by atoms with Crippen LogP contribution in [-0.2, 0) is 14.8 Å². The first kappa shape index (κ1) is 19.5. The minimum absolute atomic E-state index is 0.0755. The quantitative estimate of drug-likeness (QED) is 0.549. The van der Waals surface area contributed by atoms with Gasteiger partial charge in [0.15, 0.2) is 0 Å². The molecule has 9 heteroatoms. The number of rotatable bonds is 7. The number of imide groups is 1. The zero-order valence-electron chi connectivity index (χ0n) is 14.8. The van der Waals surface area contributed by atoms with E-state index < -0.39 is 21.9 Å². The maximum Gasteiger partial charge on any atom is 0.306 e. The number of carboxylic acid groups (broad SMARTS) is 1. The average molecular weight is 394 g/mol. The Morgan fingerprint density at radius 1 is 1.04 bits per heavy atom. The third-order valence-electron chi connectivity index (χ3n) is 5.11. The first-order valence-electron chi connectivity index (χ1n) is 8.97. The fraction of sp³-hybridized carbons (Fsp3) is 0.500. The second-order valence-corrected chi connectivity index (χ2v) is 8.93. The van der Waals surface area contributed by atoms with Crippen molar-refractivity contribution in [2.75, 3.05) is 25.4 Å². The van der Waals surface area contributed by atoms with Crippen molar-refractivity contribution in [1.82, 2.24) is 9.21 Å². The van der Waals surface area contributed by atoms with Crippen molar-refractivity contribution in [3.63, 3.8) is 0 Å². The van der Waals surface area contributed by atoms with E-state index >= 15 is 0 Å². The van der Waals surface area contributed by atoms with Crippen LogP contribution in [0.1, 0.15) is 46.4 Å². The predicted octanol–water partition coefficient (Wildman–Crippen LogP) is 1.19. The number of sulfonamides is 1. The van der Waals surface area contributed by atoms with Gasteiger partial charge in [0, 0.05) is 19.6 Å². The Bertz CT molecular complexity index is 823. The van der Waals surface area contributed by atoms with Crippen LogP contribution in [0.15, 0.2) is 24.3 Å². The monoisotopic (exact) mass is 394 g/mol. The highest BCUT2D eigenvalue weighted by molar-refractivity contribution is 7.89. The van der Waals surface area contributed by atoms with Gasteiger partial charge in [0.25, 0.3) is 11.8 Å². The molecule has 3 rings (SSSR count). The van der Waals surface area contributed by atoms with E-state index in [2.05, 4.69) is 0 Å². The topological polar surface area (TPSA) is 112 Å². The van der Waals surface area contributed by atoms with Gasteiger partial charge in [-0.2, -0.15) is 0 Å². The highest BCUT2D eigenvalue weighted by Gasteiger charge is 2.35. The standard InChI is InChI=1S/C18H22N2O6S/c21-16-14-5-1-2-6-15(14)17(22)20(16)9-3-4-12-27(25,26)19-10-7-13(8-11-19)18(23)24/h1-2,5-6,13H,3-4,7-12H2,(H,23,24). The van der Waals surface area contributed by atoms with Crippen molar-refractivity contribution in [1.29, 1.82) is 0 Å². The molecule has 0 radical (unpaired) electrons. The van der Waals surface area contributed by atoms with Gasteiger partial charge in [-0.3, -0.25) is 19.3 Å². The lowest BCUT2D eigenvalue weighted by Gasteiger charge is -2.29. The van der Waals surface area contributed by atoms with Crippen LogP contribution in [0.25, 0.3) is 0 Å². The maximum atomic E-state index is 12.4. The average Bonchev–Trinajstić information content (AvgIpc) is 2.90. The van der Waals surface area contributed by atoms with Crippen LogP contribution >= 0.6 is 0 Å². The largest absolute Gasteiger partial charge is 0.481 e. The number of carboxylic acids is 1. The molecule has 1 aromatic carbocycles. The molecule has 0 aliphatic carbocycles. The third kappa shape index (κ3) is 4.03. The molecular formula is C18H22N2O6S. The molecule has 0 spiro atoms. The minimum atomic E-state index is -3.46. The fourth-order valence-electron chi connectivity index (χ4n) is 3.51. The lowest BCUT2D eigenvalue weighted by molar-refractivity contribution is -0.142. The number of hydrogen-bond acceptors (Lipinski definition) is 5. The molecule has 8 nitrogen and oxygen atoms in total. The Morgan fingerprint density at radius 3 is 2.11 bits per heavy atom. The van der Waals surface area contributed by atoms with Crippen LogP contribution in [-0.4, -0.2) is 65.9 Å². The molecule has 0 bridgehead atoms. The molecule has 0 unspecified atom stereocenters. The molecule has 1 fully saturated rings. The van der Waals surface area contributed by atoms with Gasteiger partial charge in [0.1, 0.15) is 0 Å². The van der Waals surface area contributed by atoms with Crippen molar-refractivity contribution >= 4 is 27.8 Å². The number of unbranched alkanes of at least 4 members (excludes halogenated alkanes) is 1. The molecule has 1 saturated heterocycles. The summed E-state index contributed by atoms with van der Waals surface area (Å²) in [5.41, 5.74) is 0.771. The molecule has 2 amide bonds. The summed E-state index contributed by atoms with van der Waals surface area (Å²) in [6.45, 7) is 0.623. The zero-order chi connectivity index (χ0) is 19.6. The number of benzene rings is 1. The van der Waals surface area contributed by atoms with Crippen LogP contribution in [0.5, 0.6) is 0 Å². The van der Waals surface area contributed by atoms with Crippen LogP contribution < -0.4 is 0 Å². The van der Waals surface area contributed by atoms with Crippen molar-refractivity contribution in [2.45, 2.75) is 25.7 Å². The van der Waals surface area contributed by atoms with Gasteiger partial charge in [0.2, 0.25) is 10.0 Å². The number of carbonyl (C=O) groups excluding carboxylic acids is 2. The zero-order valence-corrected chi connectivity index (χ0v) is 15.7. The smallest absolute Gasteiger partial charge is 0.306 e. The third-order valence-corrected chi connectivity index (χ3v) is 7.07. The molecule has 2 aliphatic rings. The summed E-state index contributed by atoms with van der Waals surface area (Å²) in [7, 11) is -3.46. The number of fused-ring (bicyclic) bond motifs is 1. The summed E-state index contributed by atoms with van der Waals surface area (Å²) in [4.78, 5) is 36.6. The number of aliphatic carboxylic acids is 1. The number of hydrogen-bond donors (Lipinski definition) is 1. The van der Waals surface area contributed by atoms with Crippen LogP contribution in [0.2, 0.25) is 0 Å². The summed E-state index contributed by atoms with van der Waals surface area (Å²) in [6.07, 6.45) is 1.37. The van der Waals surface area contributed by atoms with E-state index in [1.165, 1.54) is 4.31 Å². The van der Waals surface area contributed by atoms with Gasteiger partial charge in [-0.25, -0.2) is 12.7 Å². The van der Waals surface area contributed by atoms with Crippen molar-refractivity contribution in [3.8, 4) is 0 Å². The normalized spacial score (nSPS) is 18.7. The van der Waals surface area contributed by atoms with Crippen LogP contribution in [0, 0.1) is 5.92 Å². The number of nitrogens with zero attached hydrogens (tertiary/aromatic N) is 2. The van der Waals surface area contributed by atoms with E-state index in [1.54, 1.807) is 24.3 Å². The van der Waals surface area contributed by atoms with Crippen molar-refractivity contribution < 1.29 is 27.9 Å². The van der Waals surface area contributed by atoms with Gasteiger partial charge in [0.05, 0.1) is 22.8 Å². The maximum absolute atomic E-state index is 12.4. The van der Waals surface area contributed by atoms with E-state index in [4.69, 9.17) is 5.11 Å². The Hall–Kier alpha value is -2.26. The van der Waals surface area contributed by atoms with Crippen molar-refractivity contribution in [3.05, 3.63) is 35.4 Å². The summed E-state index contributed by atoms with van der Waals surface area (Å²) < 4.78 is 26.1. The molecular weight excluding hydrogens is 372 g/mol. The predicted molar refractivity (Wildman–Crippen MR) is 96.8 cm³/mol. The Morgan fingerprint density at radius 2 is 1.59 bits per heavy atom. The molecule has 146 valence electrons. The van der Waals surface area contributed by atoms with Crippen molar-refractivity contribution in [2.24, 2.45) is 5.92 Å². The first-order valence-corrected chi connectivity index (χ1v) is 10.6. The van der Waals surface area contributed by atoms with Crippen LogP contribution in [0.4, 0.5) is 0 Å². The first-order chi connectivity index (χ1) is 12.8. The highest BCUT2D eigenvalue weighted by atomic mass is 32.2. The van der Waals surface area contributed by atoms with Gasteiger partial charge in [-0.1, -0.05) is 12.1 Å². The Labute approximate surface area is 157 Å². The molecule has 0 saturated carbocycles. The van der Waals surface area contributed by atoms with Gasteiger partial charge < -0.3 is 5.11 Å². The minimum Gasteiger partial charge on any atom is -0.481 e. The molecule has 0 aromatic heterocycles. The fourth-order valence-corrected chi connectivity index (χ4v) is 5.10. The number of carbonyl (C=O) groups is 3. The van der Waals surface area contributed by atoms with Gasteiger partial charge in [-0.05, 0) is 37.8 Å². The van der Waals surface area contributed by atoms with Gasteiger partial charge >= 0.3 is 5.97 Å². The summed E-state index contributed by atoms with van der Waals surface area (Å²) >= 11 is 0. The SMILES string of the molecule is O=C(O)C1CCN(S(=O)(=O)CCCCN2C(=O)c3ccccc3C2=O)CC1. The second kappa shape index (κ2) is 7.77. The molecule has 0 atom stereocenters. The molecule has 2 heterocycles. The van der Waals surface area contributed by atoms with Crippen LogP contribution in [0.3, 0.4) is 0 Å². The summed E-state index contributed by atoms with van der Waals surface area (Å²) in [5, 5.41) is 8.98. The molecule has 2 aliphatic heterocycles. The molecule has 1 aromatic rings. The van der Waals surface area contributed by atoms with E-state index in [9.17, 15) is 22.8 Å². The lowest BCUT2D eigenvalue weighted by Crippen LogP contribution is -2.41. The second-order valence-electron chi connectivity index (χ2n) is 6.84. The van der Waals surface area contributed by atoms with Gasteiger partial charge in [-0.15, -0.1) is 0 Å². The van der Waals surface area contributed by atoms with E-state index in [1.807, 2.05) is 0 Å². The summed E-state index contributed by atoms with van der Waals surface area (Å²) in [6, 6.07) is 6.63. The Balaban J connectivity index is 1.47. The van der Waals surface area contributed by atoms with E-state index in [-0.39, 0.29) is 37.2 Å². The van der Waals surface area contributed by atoms with E-state index in [0.29, 0.717) is 36.8 Å². The lowest BCUT2D eigenvalue weighted by atomic mass is 9.99. The number of piperidine rings is 1. The highest BCUT2D eigenvalue weighted by Crippen LogP contribution is 2.23. The Kier molecular flexibility index (Phi) is 5.61. The number of amides is 2.